The van der Waals surface area contributed by atoms with Gasteiger partial charge in [0.2, 0.25) is 5.88 Å². The lowest BCUT2D eigenvalue weighted by Gasteiger charge is -2.02. The van der Waals surface area contributed by atoms with Crippen LogP contribution in [-0.2, 0) is 0 Å². The Bertz CT molecular complexity index is 596. The lowest BCUT2D eigenvalue weighted by Crippen LogP contribution is -2.06. The van der Waals surface area contributed by atoms with Crippen LogP contribution in [0.1, 0.15) is 0 Å². The number of nitrogens with zero attached hydrogens (tertiary/aromatic N) is 1. The largest absolute Gasteiger partial charge is 0.493 e. The Morgan fingerprint density at radius 1 is 1.19 bits per heavy atom. The summed E-state index contributed by atoms with van der Waals surface area (Å²) < 4.78 is 0. The van der Waals surface area contributed by atoms with E-state index in [2.05, 4.69) is 9.97 Å². The van der Waals surface area contributed by atoms with Crippen LogP contribution in [0.3, 0.4) is 0 Å². The molecule has 0 aliphatic carbocycles. The number of aromatic hydroxyl groups is 1. The summed E-state index contributed by atoms with van der Waals surface area (Å²) in [5.41, 5.74) is 0.135. The number of aromatic nitrogens is 2. The van der Waals surface area contributed by atoms with E-state index in [1.807, 2.05) is 0 Å². The third-order valence-electron chi connectivity index (χ3n) is 1.92. The average molecular weight is 257 g/mol. The lowest BCUT2D eigenvalue weighted by molar-refractivity contribution is 0.452. The van der Waals surface area contributed by atoms with E-state index in [1.54, 1.807) is 18.2 Å². The Morgan fingerprint density at radius 3 is 2.56 bits per heavy atom. The van der Waals surface area contributed by atoms with Crippen LogP contribution >= 0.6 is 23.2 Å². The van der Waals surface area contributed by atoms with Gasteiger partial charge in [0.05, 0.1) is 16.1 Å². The molecule has 4 nitrogen and oxygen atoms in total. The second kappa shape index (κ2) is 4.15. The van der Waals surface area contributed by atoms with E-state index in [4.69, 9.17) is 23.2 Å². The van der Waals surface area contributed by atoms with Crippen LogP contribution in [0.4, 0.5) is 0 Å². The number of benzene rings is 1. The standard InChI is InChI=1S/C10H6Cl2N2O2/c11-6-2-1-5(3-7(6)12)10-13-8(15)4-9(16)14-10/h1-4H,(H2,13,14,15,16). The zero-order valence-electron chi connectivity index (χ0n) is 7.87. The fourth-order valence-corrected chi connectivity index (χ4v) is 1.52. The van der Waals surface area contributed by atoms with E-state index in [0.29, 0.717) is 15.6 Å². The molecule has 0 aliphatic rings. The molecule has 0 aliphatic heterocycles. The quantitative estimate of drug-likeness (QED) is 0.824. The monoisotopic (exact) mass is 256 g/mol. The summed E-state index contributed by atoms with van der Waals surface area (Å²) in [4.78, 5) is 17.4. The predicted octanol–water partition coefficient (Wildman–Crippen LogP) is 2.45. The topological polar surface area (TPSA) is 66.0 Å². The highest BCUT2D eigenvalue weighted by atomic mass is 35.5. The molecule has 1 heterocycles. The van der Waals surface area contributed by atoms with Crippen LogP contribution in [0.5, 0.6) is 5.88 Å². The molecule has 2 aromatic rings. The molecule has 1 aromatic carbocycles. The van der Waals surface area contributed by atoms with Gasteiger partial charge in [0.15, 0.2) is 0 Å². The first-order valence-electron chi connectivity index (χ1n) is 4.32. The van der Waals surface area contributed by atoms with Gasteiger partial charge in [0, 0.05) is 5.56 Å². The molecule has 0 saturated carbocycles. The molecule has 1 aromatic heterocycles. The maximum absolute atomic E-state index is 11.1. The van der Waals surface area contributed by atoms with Gasteiger partial charge in [-0.1, -0.05) is 23.2 Å². The Labute approximate surface area is 100 Å². The average Bonchev–Trinajstić information content (AvgIpc) is 2.20. The number of hydrogen-bond acceptors (Lipinski definition) is 3. The normalized spacial score (nSPS) is 10.4. The van der Waals surface area contributed by atoms with Gasteiger partial charge in [-0.3, -0.25) is 4.79 Å². The lowest BCUT2D eigenvalue weighted by atomic mass is 10.2. The van der Waals surface area contributed by atoms with Crippen molar-refractivity contribution >= 4 is 23.2 Å². The van der Waals surface area contributed by atoms with Crippen molar-refractivity contribution in [2.45, 2.75) is 0 Å². The predicted molar refractivity (Wildman–Crippen MR) is 62.0 cm³/mol. The number of halogens is 2. The molecule has 0 bridgehead atoms. The molecule has 0 spiro atoms. The fourth-order valence-electron chi connectivity index (χ4n) is 1.22. The minimum atomic E-state index is -0.437. The summed E-state index contributed by atoms with van der Waals surface area (Å²) in [5.74, 6) is -0.103. The number of H-pyrrole nitrogens is 1. The van der Waals surface area contributed by atoms with Gasteiger partial charge in [-0.2, -0.15) is 4.98 Å². The van der Waals surface area contributed by atoms with Crippen molar-refractivity contribution in [3.05, 3.63) is 44.7 Å². The van der Waals surface area contributed by atoms with Gasteiger partial charge in [-0.15, -0.1) is 0 Å². The molecule has 0 atom stereocenters. The first-order chi connectivity index (χ1) is 7.56. The van der Waals surface area contributed by atoms with E-state index in [9.17, 15) is 9.90 Å². The summed E-state index contributed by atoms with van der Waals surface area (Å²) in [6.07, 6.45) is 0. The minimum absolute atomic E-state index is 0.239. The second-order valence-electron chi connectivity index (χ2n) is 3.08. The summed E-state index contributed by atoms with van der Waals surface area (Å²) >= 11 is 11.6. The van der Waals surface area contributed by atoms with E-state index in [0.717, 1.165) is 6.07 Å². The van der Waals surface area contributed by atoms with Crippen molar-refractivity contribution in [2.24, 2.45) is 0 Å². The van der Waals surface area contributed by atoms with Gasteiger partial charge in [0.1, 0.15) is 5.82 Å². The molecule has 6 heteroatoms. The molecule has 0 saturated heterocycles. The number of rotatable bonds is 1. The van der Waals surface area contributed by atoms with Crippen LogP contribution < -0.4 is 5.56 Å². The van der Waals surface area contributed by atoms with Crippen LogP contribution in [-0.4, -0.2) is 15.1 Å². The molecule has 82 valence electrons. The van der Waals surface area contributed by atoms with Crippen LogP contribution in [0.15, 0.2) is 29.1 Å². The van der Waals surface area contributed by atoms with E-state index in [-0.39, 0.29) is 11.7 Å². The highest BCUT2D eigenvalue weighted by molar-refractivity contribution is 6.42. The Hall–Kier alpha value is -1.52. The van der Waals surface area contributed by atoms with E-state index < -0.39 is 5.56 Å². The highest BCUT2D eigenvalue weighted by Gasteiger charge is 2.05. The zero-order chi connectivity index (χ0) is 11.7. The SMILES string of the molecule is O=c1cc(O)nc(-c2ccc(Cl)c(Cl)c2)[nH]1. The summed E-state index contributed by atoms with van der Waals surface area (Å²) in [6, 6.07) is 5.78. The fraction of sp³-hybridized carbons (Fsp3) is 0. The molecule has 0 unspecified atom stereocenters. The molecule has 0 amide bonds. The molecular formula is C10H6Cl2N2O2. The first-order valence-corrected chi connectivity index (χ1v) is 5.07. The van der Waals surface area contributed by atoms with Crippen LogP contribution in [0.2, 0.25) is 10.0 Å². The first kappa shape index (κ1) is 11.0. The number of aromatic amines is 1. The summed E-state index contributed by atoms with van der Waals surface area (Å²) in [6.45, 7) is 0. The van der Waals surface area contributed by atoms with E-state index in [1.165, 1.54) is 0 Å². The molecule has 16 heavy (non-hydrogen) atoms. The third-order valence-corrected chi connectivity index (χ3v) is 2.66. The van der Waals surface area contributed by atoms with Gasteiger partial charge in [-0.05, 0) is 18.2 Å². The van der Waals surface area contributed by atoms with Crippen molar-refractivity contribution in [1.82, 2.24) is 9.97 Å². The van der Waals surface area contributed by atoms with Crippen molar-refractivity contribution < 1.29 is 5.11 Å². The third kappa shape index (κ3) is 2.18. The zero-order valence-corrected chi connectivity index (χ0v) is 9.38. The van der Waals surface area contributed by atoms with Crippen molar-refractivity contribution in [3.63, 3.8) is 0 Å². The molecule has 0 fully saturated rings. The van der Waals surface area contributed by atoms with Gasteiger partial charge in [0.25, 0.3) is 5.56 Å². The molecule has 2 N–H and O–H groups in total. The summed E-state index contributed by atoms with van der Waals surface area (Å²) in [5, 5.41) is 9.95. The van der Waals surface area contributed by atoms with Crippen molar-refractivity contribution in [3.8, 4) is 17.3 Å². The molecule has 0 radical (unpaired) electrons. The van der Waals surface area contributed by atoms with Gasteiger partial charge < -0.3 is 10.1 Å². The Morgan fingerprint density at radius 2 is 1.94 bits per heavy atom. The van der Waals surface area contributed by atoms with E-state index >= 15 is 0 Å². The number of nitrogens with one attached hydrogen (secondary N) is 1. The smallest absolute Gasteiger partial charge is 0.254 e. The second-order valence-corrected chi connectivity index (χ2v) is 3.90. The Balaban J connectivity index is 2.58. The van der Waals surface area contributed by atoms with Gasteiger partial charge in [-0.25, -0.2) is 0 Å². The maximum atomic E-state index is 11.1. The number of hydrogen-bond donors (Lipinski definition) is 2. The molecule has 2 rings (SSSR count). The summed E-state index contributed by atoms with van der Waals surface area (Å²) in [7, 11) is 0. The highest BCUT2D eigenvalue weighted by Crippen LogP contribution is 2.26. The maximum Gasteiger partial charge on any atom is 0.254 e. The van der Waals surface area contributed by atoms with Crippen molar-refractivity contribution in [2.75, 3.05) is 0 Å². The Kier molecular flexibility index (Phi) is 2.85. The minimum Gasteiger partial charge on any atom is -0.493 e. The molecular weight excluding hydrogens is 251 g/mol. The van der Waals surface area contributed by atoms with Crippen LogP contribution in [0, 0.1) is 0 Å². The van der Waals surface area contributed by atoms with Gasteiger partial charge >= 0.3 is 0 Å². The van der Waals surface area contributed by atoms with Crippen LogP contribution in [0.25, 0.3) is 11.4 Å². The van der Waals surface area contributed by atoms with Crippen molar-refractivity contribution in [1.29, 1.82) is 0 Å².